The van der Waals surface area contributed by atoms with Gasteiger partial charge in [-0.25, -0.2) is 4.79 Å². The van der Waals surface area contributed by atoms with Crippen LogP contribution in [0.3, 0.4) is 0 Å². The van der Waals surface area contributed by atoms with Gasteiger partial charge in [0.1, 0.15) is 5.75 Å². The minimum atomic E-state index is -0.143. The van der Waals surface area contributed by atoms with E-state index in [0.717, 1.165) is 29.7 Å². The lowest BCUT2D eigenvalue weighted by atomic mass is 10.0. The minimum absolute atomic E-state index is 0.0396. The molecule has 0 saturated carbocycles. The molecule has 1 fully saturated rings. The van der Waals surface area contributed by atoms with Gasteiger partial charge in [0.05, 0.1) is 13.2 Å². The Bertz CT molecular complexity index is 862. The van der Waals surface area contributed by atoms with Gasteiger partial charge >= 0.3 is 6.03 Å². The third-order valence-corrected chi connectivity index (χ3v) is 5.15. The number of amides is 3. The summed E-state index contributed by atoms with van der Waals surface area (Å²) in [5.74, 6) is 0.712. The number of aryl methyl sites for hydroxylation is 1. The maximum absolute atomic E-state index is 13.0. The lowest BCUT2D eigenvalue weighted by Crippen LogP contribution is -2.34. The Morgan fingerprint density at radius 1 is 1.14 bits per heavy atom. The van der Waals surface area contributed by atoms with E-state index in [-0.39, 0.29) is 18.0 Å². The fourth-order valence-electron chi connectivity index (χ4n) is 3.52. The Labute approximate surface area is 166 Å². The van der Waals surface area contributed by atoms with Crippen LogP contribution in [0, 0.1) is 6.92 Å². The summed E-state index contributed by atoms with van der Waals surface area (Å²) in [5, 5.41) is 3.00. The normalized spacial score (nSPS) is 16.0. The summed E-state index contributed by atoms with van der Waals surface area (Å²) in [6.07, 6.45) is 1.89. The first-order valence-electron chi connectivity index (χ1n) is 9.44. The predicted molar refractivity (Wildman–Crippen MR) is 110 cm³/mol. The number of anilines is 1. The van der Waals surface area contributed by atoms with Crippen LogP contribution >= 0.6 is 0 Å². The lowest BCUT2D eigenvalue weighted by Gasteiger charge is -2.26. The smallest absolute Gasteiger partial charge is 0.322 e. The van der Waals surface area contributed by atoms with E-state index in [2.05, 4.69) is 5.32 Å². The van der Waals surface area contributed by atoms with Gasteiger partial charge < -0.3 is 19.9 Å². The molecule has 0 spiro atoms. The summed E-state index contributed by atoms with van der Waals surface area (Å²) in [5.41, 5.74) is 3.24. The largest absolute Gasteiger partial charge is 0.497 e. The summed E-state index contributed by atoms with van der Waals surface area (Å²) in [4.78, 5) is 28.6. The first-order valence-corrected chi connectivity index (χ1v) is 9.44. The van der Waals surface area contributed by atoms with Crippen molar-refractivity contribution >= 4 is 17.6 Å². The Morgan fingerprint density at radius 3 is 2.50 bits per heavy atom. The van der Waals surface area contributed by atoms with E-state index in [1.165, 1.54) is 4.90 Å². The fourth-order valence-corrected chi connectivity index (χ4v) is 3.52. The van der Waals surface area contributed by atoms with Gasteiger partial charge in [0.25, 0.3) is 5.91 Å². The van der Waals surface area contributed by atoms with Crippen molar-refractivity contribution in [3.63, 3.8) is 0 Å². The van der Waals surface area contributed by atoms with Gasteiger partial charge in [0.15, 0.2) is 0 Å². The minimum Gasteiger partial charge on any atom is -0.497 e. The predicted octanol–water partition coefficient (Wildman–Crippen LogP) is 4.07. The molecule has 1 atom stereocenters. The van der Waals surface area contributed by atoms with Crippen molar-refractivity contribution in [2.45, 2.75) is 25.8 Å². The number of carbonyl (C=O) groups excluding carboxylic acids is 2. The number of methoxy groups -OCH3 is 1. The Morgan fingerprint density at radius 2 is 1.86 bits per heavy atom. The summed E-state index contributed by atoms with van der Waals surface area (Å²) in [6.45, 7) is 2.63. The monoisotopic (exact) mass is 381 g/mol. The number of nitrogens with one attached hydrogen (secondary N) is 1. The van der Waals surface area contributed by atoms with E-state index in [4.69, 9.17) is 4.74 Å². The Kier molecular flexibility index (Phi) is 5.87. The van der Waals surface area contributed by atoms with Crippen LogP contribution in [0.2, 0.25) is 0 Å². The zero-order chi connectivity index (χ0) is 20.3. The van der Waals surface area contributed by atoms with Crippen molar-refractivity contribution in [3.05, 3.63) is 59.2 Å². The second kappa shape index (κ2) is 8.33. The van der Waals surface area contributed by atoms with Crippen molar-refractivity contribution in [3.8, 4) is 5.75 Å². The van der Waals surface area contributed by atoms with Crippen LogP contribution in [-0.2, 0) is 0 Å². The standard InChI is InChI=1S/C22H27N3O3/c1-15-7-8-17(21(26)24(2)3)14-19(15)23-22(27)25-13-5-6-20(25)16-9-11-18(28-4)12-10-16/h7-12,14,20H,5-6,13H2,1-4H3,(H,23,27)/t20-/m1/s1. The molecule has 6 nitrogen and oxygen atoms in total. The lowest BCUT2D eigenvalue weighted by molar-refractivity contribution is 0.0827. The molecule has 3 rings (SSSR count). The van der Waals surface area contributed by atoms with Crippen molar-refractivity contribution in [1.82, 2.24) is 9.80 Å². The zero-order valence-electron chi connectivity index (χ0n) is 16.9. The Balaban J connectivity index is 1.78. The van der Waals surface area contributed by atoms with Crippen LogP contribution in [-0.4, -0.2) is 49.5 Å². The molecule has 0 aromatic heterocycles. The van der Waals surface area contributed by atoms with E-state index in [1.807, 2.05) is 42.2 Å². The molecule has 2 aromatic rings. The van der Waals surface area contributed by atoms with E-state index in [0.29, 0.717) is 17.8 Å². The van der Waals surface area contributed by atoms with Crippen LogP contribution in [0.1, 0.15) is 40.4 Å². The molecule has 1 N–H and O–H groups in total. The van der Waals surface area contributed by atoms with Gasteiger partial charge in [0.2, 0.25) is 0 Å². The van der Waals surface area contributed by atoms with E-state index in [9.17, 15) is 9.59 Å². The van der Waals surface area contributed by atoms with Crippen LogP contribution in [0.25, 0.3) is 0 Å². The van der Waals surface area contributed by atoms with Gasteiger partial charge in [-0.1, -0.05) is 18.2 Å². The number of urea groups is 1. The average molecular weight is 381 g/mol. The molecule has 1 heterocycles. The maximum Gasteiger partial charge on any atom is 0.322 e. The Hall–Kier alpha value is -3.02. The number of nitrogens with zero attached hydrogens (tertiary/aromatic N) is 2. The first-order chi connectivity index (χ1) is 13.4. The van der Waals surface area contributed by atoms with Crippen molar-refractivity contribution < 1.29 is 14.3 Å². The number of benzene rings is 2. The highest BCUT2D eigenvalue weighted by Crippen LogP contribution is 2.33. The molecule has 28 heavy (non-hydrogen) atoms. The molecule has 1 aliphatic rings. The maximum atomic E-state index is 13.0. The number of ether oxygens (including phenoxy) is 1. The molecule has 0 radical (unpaired) electrons. The molecule has 1 aliphatic heterocycles. The molecule has 148 valence electrons. The zero-order valence-corrected chi connectivity index (χ0v) is 16.9. The van der Waals surface area contributed by atoms with E-state index < -0.39 is 0 Å². The highest BCUT2D eigenvalue weighted by atomic mass is 16.5. The van der Waals surface area contributed by atoms with Crippen LogP contribution in [0.5, 0.6) is 5.75 Å². The number of carbonyl (C=O) groups is 2. The molecule has 1 saturated heterocycles. The topological polar surface area (TPSA) is 61.9 Å². The molecule has 3 amide bonds. The molecule has 0 bridgehead atoms. The number of likely N-dealkylation sites (tertiary alicyclic amines) is 1. The SMILES string of the molecule is COc1ccc([C@H]2CCCN2C(=O)Nc2cc(C(=O)N(C)C)ccc2C)cc1. The average Bonchev–Trinajstić information content (AvgIpc) is 3.19. The van der Waals surface area contributed by atoms with E-state index >= 15 is 0 Å². The van der Waals surface area contributed by atoms with Gasteiger partial charge in [-0.2, -0.15) is 0 Å². The number of rotatable bonds is 4. The second-order valence-electron chi connectivity index (χ2n) is 7.28. The summed E-state index contributed by atoms with van der Waals surface area (Å²) < 4.78 is 5.22. The summed E-state index contributed by atoms with van der Waals surface area (Å²) >= 11 is 0. The van der Waals surface area contributed by atoms with Gasteiger partial charge in [-0.3, -0.25) is 4.79 Å². The number of hydrogen-bond acceptors (Lipinski definition) is 3. The van der Waals surface area contributed by atoms with Crippen LogP contribution < -0.4 is 10.1 Å². The van der Waals surface area contributed by atoms with Gasteiger partial charge in [0, 0.05) is 31.9 Å². The number of hydrogen-bond donors (Lipinski definition) is 1. The van der Waals surface area contributed by atoms with E-state index in [1.54, 1.807) is 33.3 Å². The third-order valence-electron chi connectivity index (χ3n) is 5.15. The van der Waals surface area contributed by atoms with Crippen molar-refractivity contribution in [1.29, 1.82) is 0 Å². The van der Waals surface area contributed by atoms with Gasteiger partial charge in [-0.05, 0) is 55.2 Å². The molecule has 0 unspecified atom stereocenters. The van der Waals surface area contributed by atoms with Crippen LogP contribution in [0.15, 0.2) is 42.5 Å². The summed E-state index contributed by atoms with van der Waals surface area (Å²) in [7, 11) is 5.07. The molecular weight excluding hydrogens is 354 g/mol. The molecule has 2 aromatic carbocycles. The first kappa shape index (κ1) is 19.7. The van der Waals surface area contributed by atoms with Crippen molar-refractivity contribution in [2.75, 3.05) is 33.1 Å². The molecule has 6 heteroatoms. The van der Waals surface area contributed by atoms with Crippen molar-refractivity contribution in [2.24, 2.45) is 0 Å². The highest BCUT2D eigenvalue weighted by Gasteiger charge is 2.30. The summed E-state index contributed by atoms with van der Waals surface area (Å²) in [6, 6.07) is 13.1. The fraction of sp³-hybridized carbons (Fsp3) is 0.364. The quantitative estimate of drug-likeness (QED) is 0.868. The highest BCUT2D eigenvalue weighted by molar-refractivity contribution is 5.97. The second-order valence-corrected chi connectivity index (χ2v) is 7.28. The van der Waals surface area contributed by atoms with Crippen LogP contribution in [0.4, 0.5) is 10.5 Å². The third kappa shape index (κ3) is 4.11. The molecule has 0 aliphatic carbocycles. The molecular formula is C22H27N3O3. The van der Waals surface area contributed by atoms with Gasteiger partial charge in [-0.15, -0.1) is 0 Å².